The fourth-order valence-electron chi connectivity index (χ4n) is 2.01. The highest BCUT2D eigenvalue weighted by Crippen LogP contribution is 2.15. The summed E-state index contributed by atoms with van der Waals surface area (Å²) in [7, 11) is 2.19. The third-order valence-electron chi connectivity index (χ3n) is 2.70. The normalized spacial score (nSPS) is 24.0. The van der Waals surface area contributed by atoms with Crippen LogP contribution in [0.1, 0.15) is 12.0 Å². The Morgan fingerprint density at radius 1 is 1.62 bits per heavy atom. The molecule has 0 aliphatic carbocycles. The van der Waals surface area contributed by atoms with Gasteiger partial charge in [-0.15, -0.1) is 0 Å². The molecule has 0 spiro atoms. The van der Waals surface area contributed by atoms with Gasteiger partial charge in [-0.3, -0.25) is 4.68 Å². The van der Waals surface area contributed by atoms with Crippen LogP contribution in [0.25, 0.3) is 0 Å². The number of aryl methyl sites for hydroxylation is 1. The third kappa shape index (κ3) is 2.10. The lowest BCUT2D eigenvalue weighted by Crippen LogP contribution is -2.17. The molecule has 0 N–H and O–H groups in total. The van der Waals surface area contributed by atoms with E-state index in [2.05, 4.69) is 34.8 Å². The minimum Gasteiger partial charge on any atom is -0.306 e. The van der Waals surface area contributed by atoms with Gasteiger partial charge in [-0.1, -0.05) is 0 Å². The first-order valence-electron chi connectivity index (χ1n) is 4.91. The predicted molar refractivity (Wildman–Crippen MR) is 52.6 cm³/mol. The molecule has 1 unspecified atom stereocenters. The first-order valence-corrected chi connectivity index (χ1v) is 4.91. The highest BCUT2D eigenvalue weighted by atomic mass is 15.3. The fraction of sp³-hybridized carbons (Fsp3) is 0.700. The van der Waals surface area contributed by atoms with Gasteiger partial charge in [0.15, 0.2) is 0 Å². The highest BCUT2D eigenvalue weighted by molar-refractivity contribution is 4.99. The number of nitrogens with zero attached hydrogens (tertiary/aromatic N) is 3. The molecule has 0 bridgehead atoms. The molecule has 0 amide bonds. The summed E-state index contributed by atoms with van der Waals surface area (Å²) < 4.78 is 2.07. The van der Waals surface area contributed by atoms with Crippen molar-refractivity contribution in [2.75, 3.05) is 20.1 Å². The molecular weight excluding hydrogens is 162 g/mol. The van der Waals surface area contributed by atoms with E-state index in [-0.39, 0.29) is 0 Å². The molecule has 1 aliphatic rings. The summed E-state index contributed by atoms with van der Waals surface area (Å²) in [5.41, 5.74) is 1.26. The van der Waals surface area contributed by atoms with Gasteiger partial charge in [0.2, 0.25) is 0 Å². The summed E-state index contributed by atoms with van der Waals surface area (Å²) in [6.45, 7) is 5.63. The topological polar surface area (TPSA) is 21.1 Å². The molecule has 0 aromatic carbocycles. The van der Waals surface area contributed by atoms with E-state index in [0.29, 0.717) is 0 Å². The quantitative estimate of drug-likeness (QED) is 0.679. The number of aromatic nitrogens is 2. The second-order valence-electron chi connectivity index (χ2n) is 4.16. The average Bonchev–Trinajstić information content (AvgIpc) is 2.62. The van der Waals surface area contributed by atoms with E-state index in [0.717, 1.165) is 12.5 Å². The Hall–Kier alpha value is -0.830. The van der Waals surface area contributed by atoms with Crippen LogP contribution >= 0.6 is 0 Å². The molecule has 0 radical (unpaired) electrons. The van der Waals surface area contributed by atoms with Crippen LogP contribution < -0.4 is 0 Å². The Bertz CT molecular complexity index is 279. The minimum atomic E-state index is 0.796. The Kier molecular flexibility index (Phi) is 2.36. The zero-order valence-electron chi connectivity index (χ0n) is 8.40. The van der Waals surface area contributed by atoms with Gasteiger partial charge in [0.1, 0.15) is 0 Å². The summed E-state index contributed by atoms with van der Waals surface area (Å²) >= 11 is 0. The Balaban J connectivity index is 1.91. The molecule has 3 nitrogen and oxygen atoms in total. The van der Waals surface area contributed by atoms with Crippen molar-refractivity contribution in [3.63, 3.8) is 0 Å². The van der Waals surface area contributed by atoms with Gasteiger partial charge in [0.05, 0.1) is 6.20 Å². The van der Waals surface area contributed by atoms with E-state index in [4.69, 9.17) is 0 Å². The molecule has 1 fully saturated rings. The van der Waals surface area contributed by atoms with Gasteiger partial charge < -0.3 is 4.90 Å². The molecule has 72 valence electrons. The van der Waals surface area contributed by atoms with Crippen LogP contribution in [0.2, 0.25) is 0 Å². The lowest BCUT2D eigenvalue weighted by Gasteiger charge is -2.09. The molecular formula is C10H17N3. The number of hydrogen-bond acceptors (Lipinski definition) is 2. The highest BCUT2D eigenvalue weighted by Gasteiger charge is 2.19. The van der Waals surface area contributed by atoms with Crippen molar-refractivity contribution in [2.45, 2.75) is 19.9 Å². The second kappa shape index (κ2) is 3.50. The monoisotopic (exact) mass is 179 g/mol. The van der Waals surface area contributed by atoms with Gasteiger partial charge in [0.25, 0.3) is 0 Å². The molecule has 1 aromatic heterocycles. The van der Waals surface area contributed by atoms with Crippen molar-refractivity contribution in [1.29, 1.82) is 0 Å². The lowest BCUT2D eigenvalue weighted by atomic mass is 10.1. The average molecular weight is 179 g/mol. The van der Waals surface area contributed by atoms with Crippen molar-refractivity contribution in [3.05, 3.63) is 18.0 Å². The van der Waals surface area contributed by atoms with Crippen LogP contribution in [0, 0.1) is 12.8 Å². The number of hydrogen-bond donors (Lipinski definition) is 0. The van der Waals surface area contributed by atoms with E-state index in [1.165, 1.54) is 25.1 Å². The SMILES string of the molecule is Cc1cnn(CC2CCN(C)C2)c1. The standard InChI is InChI=1S/C10H17N3/c1-9-5-11-13(6-9)8-10-3-4-12(2)7-10/h5-6,10H,3-4,7-8H2,1-2H3. The van der Waals surface area contributed by atoms with Crippen LogP contribution in [0.5, 0.6) is 0 Å². The Morgan fingerprint density at radius 3 is 3.00 bits per heavy atom. The zero-order chi connectivity index (χ0) is 9.26. The molecule has 0 saturated carbocycles. The maximum absolute atomic E-state index is 4.30. The maximum atomic E-state index is 4.30. The molecule has 1 aromatic rings. The van der Waals surface area contributed by atoms with Crippen LogP contribution in [-0.2, 0) is 6.54 Å². The number of rotatable bonds is 2. The molecule has 2 heterocycles. The molecule has 13 heavy (non-hydrogen) atoms. The van der Waals surface area contributed by atoms with Crippen molar-refractivity contribution >= 4 is 0 Å². The van der Waals surface area contributed by atoms with Crippen LogP contribution in [0.3, 0.4) is 0 Å². The second-order valence-corrected chi connectivity index (χ2v) is 4.16. The summed E-state index contributed by atoms with van der Waals surface area (Å²) in [5.74, 6) is 0.796. The van der Waals surface area contributed by atoms with Gasteiger partial charge >= 0.3 is 0 Å². The van der Waals surface area contributed by atoms with Crippen LogP contribution in [0.15, 0.2) is 12.4 Å². The molecule has 1 aliphatic heterocycles. The van der Waals surface area contributed by atoms with E-state index in [9.17, 15) is 0 Å². The van der Waals surface area contributed by atoms with Gasteiger partial charge in [-0.2, -0.15) is 5.10 Å². The molecule has 2 rings (SSSR count). The van der Waals surface area contributed by atoms with Crippen molar-refractivity contribution in [2.24, 2.45) is 5.92 Å². The van der Waals surface area contributed by atoms with Crippen LogP contribution in [-0.4, -0.2) is 34.8 Å². The van der Waals surface area contributed by atoms with Crippen LogP contribution in [0.4, 0.5) is 0 Å². The summed E-state index contributed by atoms with van der Waals surface area (Å²) in [6, 6.07) is 0. The Morgan fingerprint density at radius 2 is 2.46 bits per heavy atom. The molecule has 1 atom stereocenters. The molecule has 3 heteroatoms. The van der Waals surface area contributed by atoms with E-state index < -0.39 is 0 Å². The smallest absolute Gasteiger partial charge is 0.0518 e. The minimum absolute atomic E-state index is 0.796. The summed E-state index contributed by atoms with van der Waals surface area (Å²) in [5, 5.41) is 4.30. The van der Waals surface area contributed by atoms with Crippen molar-refractivity contribution < 1.29 is 0 Å². The van der Waals surface area contributed by atoms with Gasteiger partial charge in [-0.05, 0) is 38.4 Å². The van der Waals surface area contributed by atoms with Crippen molar-refractivity contribution in [1.82, 2.24) is 14.7 Å². The fourth-order valence-corrected chi connectivity index (χ4v) is 2.01. The molecule has 1 saturated heterocycles. The lowest BCUT2D eigenvalue weighted by molar-refractivity contribution is 0.370. The third-order valence-corrected chi connectivity index (χ3v) is 2.70. The first kappa shape index (κ1) is 8.75. The van der Waals surface area contributed by atoms with Crippen molar-refractivity contribution in [3.8, 4) is 0 Å². The largest absolute Gasteiger partial charge is 0.306 e. The van der Waals surface area contributed by atoms with Gasteiger partial charge in [0, 0.05) is 19.3 Å². The van der Waals surface area contributed by atoms with Gasteiger partial charge in [-0.25, -0.2) is 0 Å². The van der Waals surface area contributed by atoms with E-state index >= 15 is 0 Å². The van der Waals surface area contributed by atoms with E-state index in [1.54, 1.807) is 0 Å². The zero-order valence-corrected chi connectivity index (χ0v) is 8.40. The summed E-state index contributed by atoms with van der Waals surface area (Å²) in [6.07, 6.45) is 5.37. The summed E-state index contributed by atoms with van der Waals surface area (Å²) in [4.78, 5) is 2.39. The predicted octanol–water partition coefficient (Wildman–Crippen LogP) is 1.14. The Labute approximate surface area is 79.3 Å². The van der Waals surface area contributed by atoms with E-state index in [1.807, 2.05) is 6.20 Å². The first-order chi connectivity index (χ1) is 6.24. The maximum Gasteiger partial charge on any atom is 0.0518 e. The number of likely N-dealkylation sites (tertiary alicyclic amines) is 1.